The van der Waals surface area contributed by atoms with Crippen molar-refractivity contribution >= 4 is 5.97 Å². The molecule has 2 saturated carbocycles. The lowest BCUT2D eigenvalue weighted by molar-refractivity contribution is -0.143. The molecule has 98 valence electrons. The third-order valence-electron chi connectivity index (χ3n) is 3.99. The highest BCUT2D eigenvalue weighted by Crippen LogP contribution is 2.28. The number of ether oxygens (including phenoxy) is 1. The Kier molecular flexibility index (Phi) is 4.40. The van der Waals surface area contributed by atoms with E-state index in [4.69, 9.17) is 9.84 Å². The van der Waals surface area contributed by atoms with E-state index in [-0.39, 0.29) is 5.92 Å². The van der Waals surface area contributed by atoms with E-state index in [1.165, 1.54) is 0 Å². The lowest BCUT2D eigenvalue weighted by atomic mass is 9.83. The normalized spacial score (nSPS) is 37.5. The number of carboxylic acid groups (broad SMARTS) is 1. The van der Waals surface area contributed by atoms with Gasteiger partial charge in [-0.2, -0.15) is 0 Å². The zero-order chi connectivity index (χ0) is 12.3. The minimum atomic E-state index is -0.627. The minimum Gasteiger partial charge on any atom is -0.481 e. The molecule has 2 aliphatic rings. The zero-order valence-corrected chi connectivity index (χ0v) is 10.5. The number of hydrogen-bond acceptors (Lipinski definition) is 3. The first-order valence-corrected chi connectivity index (χ1v) is 6.79. The quantitative estimate of drug-likeness (QED) is 0.770. The first-order valence-electron chi connectivity index (χ1n) is 6.79. The van der Waals surface area contributed by atoms with Gasteiger partial charge in [-0.05, 0) is 39.0 Å². The Balaban J connectivity index is 1.68. The predicted octanol–water partition coefficient (Wildman–Crippen LogP) is 1.79. The smallest absolute Gasteiger partial charge is 0.306 e. The first-order chi connectivity index (χ1) is 8.19. The number of hydrogen-bond donors (Lipinski definition) is 2. The average Bonchev–Trinajstić information content (AvgIpc) is 2.27. The summed E-state index contributed by atoms with van der Waals surface area (Å²) in [4.78, 5) is 11.0. The Morgan fingerprint density at radius 3 is 2.71 bits per heavy atom. The van der Waals surface area contributed by atoms with Crippen molar-refractivity contribution in [2.24, 2.45) is 5.92 Å². The van der Waals surface area contributed by atoms with E-state index in [9.17, 15) is 4.79 Å². The van der Waals surface area contributed by atoms with E-state index in [0.717, 1.165) is 45.1 Å². The van der Waals surface area contributed by atoms with Crippen LogP contribution in [0.4, 0.5) is 0 Å². The van der Waals surface area contributed by atoms with Gasteiger partial charge in [0.05, 0.1) is 12.0 Å². The summed E-state index contributed by atoms with van der Waals surface area (Å²) in [7, 11) is 0. The molecule has 2 N–H and O–H groups in total. The highest BCUT2D eigenvalue weighted by Gasteiger charge is 2.33. The second-order valence-corrected chi connectivity index (χ2v) is 5.31. The van der Waals surface area contributed by atoms with Gasteiger partial charge in [0.25, 0.3) is 0 Å². The van der Waals surface area contributed by atoms with Crippen molar-refractivity contribution in [2.75, 3.05) is 6.61 Å². The third kappa shape index (κ3) is 3.42. The molecule has 4 heteroatoms. The molecule has 0 heterocycles. The molecular formula is C13H23NO3. The highest BCUT2D eigenvalue weighted by molar-refractivity contribution is 5.70. The van der Waals surface area contributed by atoms with Crippen LogP contribution in [0.15, 0.2) is 0 Å². The van der Waals surface area contributed by atoms with Gasteiger partial charge in [0.15, 0.2) is 0 Å². The summed E-state index contributed by atoms with van der Waals surface area (Å²) in [5.74, 6) is -0.763. The molecule has 0 bridgehead atoms. The Morgan fingerprint density at radius 1 is 1.29 bits per heavy atom. The van der Waals surface area contributed by atoms with Crippen LogP contribution in [0.1, 0.15) is 45.4 Å². The van der Waals surface area contributed by atoms with Gasteiger partial charge < -0.3 is 15.2 Å². The molecule has 0 aliphatic heterocycles. The van der Waals surface area contributed by atoms with Crippen LogP contribution in [0.2, 0.25) is 0 Å². The molecule has 0 amide bonds. The van der Waals surface area contributed by atoms with E-state index in [1.807, 2.05) is 6.92 Å². The van der Waals surface area contributed by atoms with E-state index < -0.39 is 5.97 Å². The fourth-order valence-electron chi connectivity index (χ4n) is 2.97. The van der Waals surface area contributed by atoms with Gasteiger partial charge >= 0.3 is 5.97 Å². The van der Waals surface area contributed by atoms with E-state index in [1.54, 1.807) is 0 Å². The number of carboxylic acids is 1. The minimum absolute atomic E-state index is 0.135. The van der Waals surface area contributed by atoms with Crippen molar-refractivity contribution in [3.63, 3.8) is 0 Å². The van der Waals surface area contributed by atoms with Crippen molar-refractivity contribution in [1.29, 1.82) is 0 Å². The molecule has 2 fully saturated rings. The predicted molar refractivity (Wildman–Crippen MR) is 65.0 cm³/mol. The Bertz CT molecular complexity index is 263. The maximum Gasteiger partial charge on any atom is 0.306 e. The Labute approximate surface area is 103 Å². The van der Waals surface area contributed by atoms with Gasteiger partial charge in [0.2, 0.25) is 0 Å². The summed E-state index contributed by atoms with van der Waals surface area (Å²) in [6, 6.07) is 0.946. The fourth-order valence-corrected chi connectivity index (χ4v) is 2.97. The van der Waals surface area contributed by atoms with E-state index >= 15 is 0 Å². The van der Waals surface area contributed by atoms with Crippen molar-refractivity contribution in [2.45, 2.75) is 63.6 Å². The largest absolute Gasteiger partial charge is 0.481 e. The maximum atomic E-state index is 11.0. The molecule has 17 heavy (non-hydrogen) atoms. The van der Waals surface area contributed by atoms with Gasteiger partial charge in [-0.15, -0.1) is 0 Å². The van der Waals surface area contributed by atoms with E-state index in [0.29, 0.717) is 18.2 Å². The molecule has 0 aromatic heterocycles. The summed E-state index contributed by atoms with van der Waals surface area (Å²) >= 11 is 0. The lowest BCUT2D eigenvalue weighted by Crippen LogP contribution is -2.50. The number of aliphatic carboxylic acids is 1. The van der Waals surface area contributed by atoms with Crippen molar-refractivity contribution in [3.8, 4) is 0 Å². The summed E-state index contributed by atoms with van der Waals surface area (Å²) < 4.78 is 5.52. The molecule has 4 nitrogen and oxygen atoms in total. The van der Waals surface area contributed by atoms with Crippen LogP contribution in [0.25, 0.3) is 0 Å². The van der Waals surface area contributed by atoms with Crippen LogP contribution in [0.5, 0.6) is 0 Å². The van der Waals surface area contributed by atoms with Gasteiger partial charge in [-0.25, -0.2) is 0 Å². The molecule has 0 spiro atoms. The molecule has 2 rings (SSSR count). The molecule has 2 atom stereocenters. The second-order valence-electron chi connectivity index (χ2n) is 5.31. The summed E-state index contributed by atoms with van der Waals surface area (Å²) in [6.07, 6.45) is 6.40. The van der Waals surface area contributed by atoms with Crippen LogP contribution >= 0.6 is 0 Å². The summed E-state index contributed by atoms with van der Waals surface area (Å²) in [6.45, 7) is 2.82. The molecule has 2 aliphatic carbocycles. The van der Waals surface area contributed by atoms with Gasteiger partial charge in [0.1, 0.15) is 0 Å². The summed E-state index contributed by atoms with van der Waals surface area (Å²) in [5, 5.41) is 12.6. The van der Waals surface area contributed by atoms with Crippen molar-refractivity contribution in [3.05, 3.63) is 0 Å². The topological polar surface area (TPSA) is 58.6 Å². The van der Waals surface area contributed by atoms with Crippen LogP contribution in [0.3, 0.4) is 0 Å². The average molecular weight is 241 g/mol. The second kappa shape index (κ2) is 5.83. The Hall–Kier alpha value is -0.610. The van der Waals surface area contributed by atoms with Crippen LogP contribution in [0, 0.1) is 5.92 Å². The van der Waals surface area contributed by atoms with Gasteiger partial charge in [-0.3, -0.25) is 4.79 Å². The molecular weight excluding hydrogens is 218 g/mol. The summed E-state index contributed by atoms with van der Waals surface area (Å²) in [5.41, 5.74) is 0. The highest BCUT2D eigenvalue weighted by atomic mass is 16.5. The zero-order valence-electron chi connectivity index (χ0n) is 10.5. The number of carbonyl (C=O) groups is 1. The van der Waals surface area contributed by atoms with Crippen LogP contribution in [-0.2, 0) is 9.53 Å². The molecule has 0 saturated heterocycles. The maximum absolute atomic E-state index is 11.0. The van der Waals surface area contributed by atoms with Crippen LogP contribution in [-0.4, -0.2) is 35.9 Å². The molecule has 0 aromatic rings. The molecule has 0 radical (unpaired) electrons. The lowest BCUT2D eigenvalue weighted by Gasteiger charge is -2.39. The van der Waals surface area contributed by atoms with Gasteiger partial charge in [0, 0.05) is 18.7 Å². The van der Waals surface area contributed by atoms with Crippen LogP contribution < -0.4 is 5.32 Å². The van der Waals surface area contributed by atoms with Gasteiger partial charge in [-0.1, -0.05) is 6.42 Å². The SMILES string of the molecule is CCOC1CC(NC2CCCC(C(=O)O)C2)C1. The first kappa shape index (κ1) is 12.8. The number of nitrogens with one attached hydrogen (secondary N) is 1. The third-order valence-corrected chi connectivity index (χ3v) is 3.99. The van der Waals surface area contributed by atoms with Crippen molar-refractivity contribution in [1.82, 2.24) is 5.32 Å². The standard InChI is InChI=1S/C13H23NO3/c1-2-17-12-7-11(8-12)14-10-5-3-4-9(6-10)13(15)16/h9-12,14H,2-8H2,1H3,(H,15,16). The fraction of sp³-hybridized carbons (Fsp3) is 0.923. The molecule has 0 aromatic carbocycles. The number of rotatable bonds is 5. The molecule has 2 unspecified atom stereocenters. The van der Waals surface area contributed by atoms with E-state index in [2.05, 4.69) is 5.32 Å². The Morgan fingerprint density at radius 2 is 2.06 bits per heavy atom. The van der Waals surface area contributed by atoms with Crippen molar-refractivity contribution < 1.29 is 14.6 Å². The monoisotopic (exact) mass is 241 g/mol.